The molecule has 2 aliphatic carbocycles. The van der Waals surface area contributed by atoms with E-state index < -0.39 is 0 Å². The summed E-state index contributed by atoms with van der Waals surface area (Å²) in [5.74, 6) is 2.61. The lowest BCUT2D eigenvalue weighted by Crippen LogP contribution is -2.49. The van der Waals surface area contributed by atoms with Crippen LogP contribution in [0.5, 0.6) is 0 Å². The summed E-state index contributed by atoms with van der Waals surface area (Å²) in [6.07, 6.45) is 5.23. The Morgan fingerprint density at radius 1 is 1.19 bits per heavy atom. The summed E-state index contributed by atoms with van der Waals surface area (Å²) in [5.41, 5.74) is 2.50. The van der Waals surface area contributed by atoms with Crippen LogP contribution in [0.15, 0.2) is 18.2 Å². The van der Waals surface area contributed by atoms with Gasteiger partial charge in [0.1, 0.15) is 0 Å². The number of anilines is 1. The van der Waals surface area contributed by atoms with Crippen molar-refractivity contribution in [3.8, 4) is 0 Å². The Balaban J connectivity index is 1.16. The second-order valence-electron chi connectivity index (χ2n) is 8.84. The largest absolute Gasteiger partial charge is 0.389 e. The fraction of sp³-hybridized carbons (Fsp3) is 0.727. The van der Waals surface area contributed by atoms with E-state index in [4.69, 9.17) is 16.3 Å². The number of ether oxygens (including phenoxy) is 1. The molecule has 1 saturated heterocycles. The highest BCUT2D eigenvalue weighted by molar-refractivity contribution is 6.30. The van der Waals surface area contributed by atoms with E-state index >= 15 is 0 Å². The van der Waals surface area contributed by atoms with Gasteiger partial charge in [-0.1, -0.05) is 24.1 Å². The summed E-state index contributed by atoms with van der Waals surface area (Å²) in [7, 11) is 0. The molecule has 3 fully saturated rings. The Labute approximate surface area is 168 Å². The third-order valence-corrected chi connectivity index (χ3v) is 7.11. The molecular formula is C22H33ClN2O2. The van der Waals surface area contributed by atoms with E-state index in [0.29, 0.717) is 13.2 Å². The van der Waals surface area contributed by atoms with E-state index in [9.17, 15) is 5.11 Å². The predicted octanol–water partition coefficient (Wildman–Crippen LogP) is 3.58. The van der Waals surface area contributed by atoms with Crippen LogP contribution in [-0.2, 0) is 4.74 Å². The van der Waals surface area contributed by atoms with Gasteiger partial charge in [0.25, 0.3) is 0 Å². The number of nitrogens with zero attached hydrogens (tertiary/aromatic N) is 2. The maximum absolute atomic E-state index is 10.4. The van der Waals surface area contributed by atoms with E-state index in [1.54, 1.807) is 0 Å². The van der Waals surface area contributed by atoms with Gasteiger partial charge >= 0.3 is 0 Å². The first-order valence-electron chi connectivity index (χ1n) is 10.6. The van der Waals surface area contributed by atoms with Gasteiger partial charge in [-0.3, -0.25) is 4.90 Å². The predicted molar refractivity (Wildman–Crippen MR) is 111 cm³/mol. The van der Waals surface area contributed by atoms with Crippen LogP contribution in [0.2, 0.25) is 5.02 Å². The van der Waals surface area contributed by atoms with Gasteiger partial charge in [-0.05, 0) is 61.6 Å². The lowest BCUT2D eigenvalue weighted by atomic mass is 9.90. The van der Waals surface area contributed by atoms with E-state index in [-0.39, 0.29) is 6.10 Å². The number of aliphatic hydroxyl groups excluding tert-OH is 1. The zero-order chi connectivity index (χ0) is 18.8. The van der Waals surface area contributed by atoms with Crippen LogP contribution in [0.25, 0.3) is 0 Å². The molecule has 4 nitrogen and oxygen atoms in total. The molecule has 4 rings (SSSR count). The Morgan fingerprint density at radius 2 is 2.00 bits per heavy atom. The Hall–Kier alpha value is -0.810. The van der Waals surface area contributed by atoms with Crippen molar-refractivity contribution in [1.82, 2.24) is 4.90 Å². The zero-order valence-electron chi connectivity index (χ0n) is 16.4. The molecular weight excluding hydrogens is 360 g/mol. The van der Waals surface area contributed by atoms with Crippen molar-refractivity contribution in [3.63, 3.8) is 0 Å². The molecule has 0 unspecified atom stereocenters. The number of rotatable bonds is 7. The van der Waals surface area contributed by atoms with Crippen molar-refractivity contribution >= 4 is 17.3 Å². The Kier molecular flexibility index (Phi) is 6.28. The van der Waals surface area contributed by atoms with Crippen molar-refractivity contribution < 1.29 is 9.84 Å². The average molecular weight is 393 g/mol. The number of hydrogen-bond donors (Lipinski definition) is 1. The van der Waals surface area contributed by atoms with Gasteiger partial charge in [0.05, 0.1) is 12.7 Å². The number of β-amino-alcohol motifs (C(OH)–C–C–N with tert-alkyl or cyclic N) is 1. The molecule has 3 aliphatic rings. The molecule has 2 bridgehead atoms. The molecule has 1 aromatic carbocycles. The van der Waals surface area contributed by atoms with Crippen LogP contribution in [0.1, 0.15) is 31.2 Å². The minimum atomic E-state index is -0.386. The lowest BCUT2D eigenvalue weighted by Gasteiger charge is -2.37. The number of benzene rings is 1. The highest BCUT2D eigenvalue weighted by Crippen LogP contribution is 2.48. The first kappa shape index (κ1) is 19.5. The summed E-state index contributed by atoms with van der Waals surface area (Å²) in [6.45, 7) is 8.04. The third-order valence-electron chi connectivity index (χ3n) is 6.88. The quantitative estimate of drug-likeness (QED) is 0.769. The maximum Gasteiger partial charge on any atom is 0.0900 e. The topological polar surface area (TPSA) is 35.9 Å². The Bertz CT molecular complexity index is 633. The molecule has 1 N–H and O–H groups in total. The monoisotopic (exact) mass is 392 g/mol. The normalized spacial score (nSPS) is 29.4. The molecule has 0 radical (unpaired) electrons. The molecule has 1 heterocycles. The maximum atomic E-state index is 10.4. The van der Waals surface area contributed by atoms with Crippen LogP contribution in [0.4, 0.5) is 5.69 Å². The summed E-state index contributed by atoms with van der Waals surface area (Å²) in [5, 5.41) is 11.2. The molecule has 5 heteroatoms. The first-order chi connectivity index (χ1) is 13.1. The summed E-state index contributed by atoms with van der Waals surface area (Å²) in [6, 6.07) is 6.09. The summed E-state index contributed by atoms with van der Waals surface area (Å²) < 4.78 is 5.89. The van der Waals surface area contributed by atoms with Crippen molar-refractivity contribution in [2.75, 3.05) is 50.8 Å². The van der Waals surface area contributed by atoms with Gasteiger partial charge in [0, 0.05) is 50.0 Å². The van der Waals surface area contributed by atoms with Gasteiger partial charge in [0.2, 0.25) is 0 Å². The van der Waals surface area contributed by atoms with E-state index in [1.165, 1.54) is 36.9 Å². The van der Waals surface area contributed by atoms with Crippen molar-refractivity contribution in [1.29, 1.82) is 0 Å². The minimum absolute atomic E-state index is 0.386. The molecule has 1 aliphatic heterocycles. The number of hydrogen-bond acceptors (Lipinski definition) is 4. The minimum Gasteiger partial charge on any atom is -0.389 e. The summed E-state index contributed by atoms with van der Waals surface area (Å²) in [4.78, 5) is 4.75. The second-order valence-corrected chi connectivity index (χ2v) is 9.28. The van der Waals surface area contributed by atoms with E-state index in [1.807, 2.05) is 6.07 Å². The molecule has 0 spiro atoms. The molecule has 1 aromatic rings. The SMILES string of the molecule is Cc1ccc(Cl)cc1N1CCN(C[C@@H](O)COC[C@H]2C[C@@H]3CC[C@@H]2C3)CC1. The van der Waals surface area contributed by atoms with Gasteiger partial charge in [-0.2, -0.15) is 0 Å². The second kappa shape index (κ2) is 8.69. The van der Waals surface area contributed by atoms with Gasteiger partial charge in [0.15, 0.2) is 0 Å². The van der Waals surface area contributed by atoms with Crippen LogP contribution in [0.3, 0.4) is 0 Å². The number of halogens is 1. The molecule has 150 valence electrons. The first-order valence-corrected chi connectivity index (χ1v) is 11.0. The average Bonchev–Trinajstić information content (AvgIpc) is 3.28. The Morgan fingerprint density at radius 3 is 2.70 bits per heavy atom. The molecule has 27 heavy (non-hydrogen) atoms. The van der Waals surface area contributed by atoms with Crippen molar-refractivity contribution in [2.24, 2.45) is 17.8 Å². The van der Waals surface area contributed by atoms with Gasteiger partial charge in [-0.25, -0.2) is 0 Å². The zero-order valence-corrected chi connectivity index (χ0v) is 17.2. The highest BCUT2D eigenvalue weighted by atomic mass is 35.5. The standard InChI is InChI=1S/C22H33ClN2O2/c1-16-2-5-20(23)12-22(16)25-8-6-24(7-9-25)13-21(26)15-27-14-19-11-17-3-4-18(19)10-17/h2,5,12,17-19,21,26H,3-4,6-11,13-15H2,1H3/t17-,18-,19-,21-/m1/s1. The van der Waals surface area contributed by atoms with Crippen molar-refractivity contribution in [2.45, 2.75) is 38.7 Å². The molecule has 0 amide bonds. The smallest absolute Gasteiger partial charge is 0.0900 e. The molecule has 0 aromatic heterocycles. The van der Waals surface area contributed by atoms with E-state index in [2.05, 4.69) is 28.9 Å². The number of aryl methyl sites for hydroxylation is 1. The van der Waals surface area contributed by atoms with Gasteiger partial charge < -0.3 is 14.7 Å². The molecule has 2 saturated carbocycles. The van der Waals surface area contributed by atoms with Crippen LogP contribution >= 0.6 is 11.6 Å². The summed E-state index contributed by atoms with van der Waals surface area (Å²) >= 11 is 6.17. The highest BCUT2D eigenvalue weighted by Gasteiger charge is 2.39. The fourth-order valence-electron chi connectivity index (χ4n) is 5.38. The fourth-order valence-corrected chi connectivity index (χ4v) is 5.55. The van der Waals surface area contributed by atoms with Crippen molar-refractivity contribution in [3.05, 3.63) is 28.8 Å². The number of piperazine rings is 1. The number of aliphatic hydroxyl groups is 1. The van der Waals surface area contributed by atoms with Gasteiger partial charge in [-0.15, -0.1) is 0 Å². The third kappa shape index (κ3) is 4.79. The van der Waals surface area contributed by atoms with Crippen LogP contribution < -0.4 is 4.90 Å². The van der Waals surface area contributed by atoms with E-state index in [0.717, 1.165) is 55.6 Å². The molecule has 4 atom stereocenters. The van der Waals surface area contributed by atoms with Crippen LogP contribution in [-0.4, -0.2) is 62.0 Å². The number of fused-ring (bicyclic) bond motifs is 2. The lowest BCUT2D eigenvalue weighted by molar-refractivity contribution is -0.00274. The van der Waals surface area contributed by atoms with Crippen LogP contribution in [0, 0.1) is 24.7 Å².